The maximum atomic E-state index is 5.46. The van der Waals surface area contributed by atoms with Crippen LogP contribution in [-0.4, -0.2) is 35.6 Å². The molecule has 25 heavy (non-hydrogen) atoms. The number of hydrogen-bond donors (Lipinski definition) is 1. The Morgan fingerprint density at radius 3 is 2.84 bits per heavy atom. The number of rotatable bonds is 6. The lowest BCUT2D eigenvalue weighted by molar-refractivity contribution is 0.226. The van der Waals surface area contributed by atoms with Crippen molar-refractivity contribution in [3.63, 3.8) is 0 Å². The molecule has 2 aliphatic rings. The van der Waals surface area contributed by atoms with Crippen LogP contribution in [0, 0.1) is 6.92 Å². The van der Waals surface area contributed by atoms with Crippen LogP contribution in [0.2, 0.25) is 0 Å². The van der Waals surface area contributed by atoms with Gasteiger partial charge in [0, 0.05) is 37.1 Å². The van der Waals surface area contributed by atoms with Gasteiger partial charge in [-0.2, -0.15) is 0 Å². The summed E-state index contributed by atoms with van der Waals surface area (Å²) in [7, 11) is 1.74. The minimum Gasteiger partial charge on any atom is -0.497 e. The molecule has 1 N–H and O–H groups in total. The smallest absolute Gasteiger partial charge is 0.119 e. The molecule has 0 unspecified atom stereocenters. The van der Waals surface area contributed by atoms with Crippen LogP contribution in [0.25, 0.3) is 0 Å². The number of ether oxygens (including phenoxy) is 1. The van der Waals surface area contributed by atoms with Crippen LogP contribution in [-0.2, 0) is 6.54 Å². The van der Waals surface area contributed by atoms with Gasteiger partial charge in [-0.1, -0.05) is 18.2 Å². The molecule has 2 atom stereocenters. The molecule has 1 saturated carbocycles. The summed E-state index contributed by atoms with van der Waals surface area (Å²) < 4.78 is 5.46. The third-order valence-corrected chi connectivity index (χ3v) is 5.56. The molecule has 1 aromatic heterocycles. The number of aryl methyl sites for hydroxylation is 1. The Bertz CT molecular complexity index is 729. The van der Waals surface area contributed by atoms with Gasteiger partial charge in [0.15, 0.2) is 0 Å². The summed E-state index contributed by atoms with van der Waals surface area (Å²) in [5.41, 5.74) is 3.77. The first-order chi connectivity index (χ1) is 12.3. The number of pyridine rings is 1. The maximum Gasteiger partial charge on any atom is 0.119 e. The van der Waals surface area contributed by atoms with E-state index in [0.717, 1.165) is 24.0 Å². The summed E-state index contributed by atoms with van der Waals surface area (Å²) in [5.74, 6) is 0.946. The van der Waals surface area contributed by atoms with Crippen molar-refractivity contribution in [3.05, 3.63) is 59.4 Å². The Labute approximate surface area is 150 Å². The van der Waals surface area contributed by atoms with Gasteiger partial charge in [0.1, 0.15) is 5.75 Å². The molecule has 0 radical (unpaired) electrons. The topological polar surface area (TPSA) is 37.4 Å². The van der Waals surface area contributed by atoms with Gasteiger partial charge in [-0.15, -0.1) is 0 Å². The van der Waals surface area contributed by atoms with Crippen LogP contribution in [0.3, 0.4) is 0 Å². The third-order valence-electron chi connectivity index (χ3n) is 5.56. The fourth-order valence-corrected chi connectivity index (χ4v) is 4.04. The first kappa shape index (κ1) is 16.6. The minimum atomic E-state index is 0.430. The zero-order valence-corrected chi connectivity index (χ0v) is 15.1. The summed E-state index contributed by atoms with van der Waals surface area (Å²) in [6.07, 6.45) is 5.74. The van der Waals surface area contributed by atoms with Gasteiger partial charge < -0.3 is 10.1 Å². The van der Waals surface area contributed by atoms with Crippen LogP contribution in [0.5, 0.6) is 5.75 Å². The number of aromatic nitrogens is 1. The molecule has 0 amide bonds. The molecular weight excluding hydrogens is 310 g/mol. The van der Waals surface area contributed by atoms with Gasteiger partial charge in [0.2, 0.25) is 0 Å². The highest BCUT2D eigenvalue weighted by Gasteiger charge is 2.42. The van der Waals surface area contributed by atoms with E-state index in [0.29, 0.717) is 12.1 Å². The fourth-order valence-electron chi connectivity index (χ4n) is 4.04. The second kappa shape index (κ2) is 7.14. The standard InChI is InChI=1S/C21H27N3O/c1-15-17(6-4-11-22-15)14-23-20-10-12-24(18-8-9-18)21(20)16-5-3-7-19(13-16)25-2/h3-7,11,13,18,20-21,23H,8-10,12,14H2,1-2H3/t20-,21-/m0/s1. The highest BCUT2D eigenvalue weighted by molar-refractivity contribution is 5.32. The van der Waals surface area contributed by atoms with Crippen molar-refractivity contribution < 1.29 is 4.74 Å². The van der Waals surface area contributed by atoms with Crippen molar-refractivity contribution in [1.29, 1.82) is 0 Å². The van der Waals surface area contributed by atoms with Gasteiger partial charge in [-0.3, -0.25) is 9.88 Å². The highest BCUT2D eigenvalue weighted by atomic mass is 16.5. The number of nitrogens with one attached hydrogen (secondary N) is 1. The molecule has 1 aliphatic heterocycles. The monoisotopic (exact) mass is 337 g/mol. The highest BCUT2D eigenvalue weighted by Crippen LogP contribution is 2.41. The van der Waals surface area contributed by atoms with Crippen molar-refractivity contribution in [2.75, 3.05) is 13.7 Å². The Morgan fingerprint density at radius 2 is 2.08 bits per heavy atom. The Kier molecular flexibility index (Phi) is 4.73. The summed E-state index contributed by atoms with van der Waals surface area (Å²) >= 11 is 0. The summed E-state index contributed by atoms with van der Waals surface area (Å²) in [6, 6.07) is 14.4. The molecule has 0 spiro atoms. The van der Waals surface area contributed by atoms with E-state index >= 15 is 0 Å². The number of nitrogens with zero attached hydrogens (tertiary/aromatic N) is 2. The van der Waals surface area contributed by atoms with Gasteiger partial charge in [0.25, 0.3) is 0 Å². The third kappa shape index (κ3) is 3.55. The Morgan fingerprint density at radius 1 is 1.20 bits per heavy atom. The van der Waals surface area contributed by atoms with Crippen LogP contribution >= 0.6 is 0 Å². The molecule has 4 nitrogen and oxygen atoms in total. The minimum absolute atomic E-state index is 0.430. The lowest BCUT2D eigenvalue weighted by Gasteiger charge is -2.29. The van der Waals surface area contributed by atoms with Crippen molar-refractivity contribution in [1.82, 2.24) is 15.2 Å². The maximum absolute atomic E-state index is 5.46. The lowest BCUT2D eigenvalue weighted by Crippen LogP contribution is -2.36. The molecule has 0 bridgehead atoms. The Hall–Kier alpha value is -1.91. The predicted octanol–water partition coefficient (Wildman–Crippen LogP) is 3.47. The lowest BCUT2D eigenvalue weighted by atomic mass is 9.99. The molecule has 2 fully saturated rings. The second-order valence-electron chi connectivity index (χ2n) is 7.21. The van der Waals surface area contributed by atoms with Crippen molar-refractivity contribution in [2.24, 2.45) is 0 Å². The average Bonchev–Trinajstić information content (AvgIpc) is 3.41. The molecule has 132 valence electrons. The largest absolute Gasteiger partial charge is 0.497 e. The number of likely N-dealkylation sites (tertiary alicyclic amines) is 1. The van der Waals surface area contributed by atoms with E-state index in [-0.39, 0.29) is 0 Å². The summed E-state index contributed by atoms with van der Waals surface area (Å²) in [4.78, 5) is 7.11. The predicted molar refractivity (Wildman–Crippen MR) is 99.7 cm³/mol. The van der Waals surface area contributed by atoms with Crippen molar-refractivity contribution in [2.45, 2.75) is 50.9 Å². The zero-order chi connectivity index (χ0) is 17.2. The van der Waals surface area contributed by atoms with Crippen LogP contribution < -0.4 is 10.1 Å². The molecule has 2 aromatic rings. The van der Waals surface area contributed by atoms with Gasteiger partial charge in [0.05, 0.1) is 13.2 Å². The number of methoxy groups -OCH3 is 1. The molecule has 1 aromatic carbocycles. The van der Waals surface area contributed by atoms with E-state index in [2.05, 4.69) is 46.4 Å². The quantitative estimate of drug-likeness (QED) is 0.876. The van der Waals surface area contributed by atoms with Gasteiger partial charge in [-0.25, -0.2) is 0 Å². The van der Waals surface area contributed by atoms with Crippen LogP contribution in [0.1, 0.15) is 42.1 Å². The zero-order valence-electron chi connectivity index (χ0n) is 15.1. The molecule has 4 rings (SSSR count). The molecule has 1 aliphatic carbocycles. The van der Waals surface area contributed by atoms with E-state index in [1.807, 2.05) is 18.3 Å². The summed E-state index contributed by atoms with van der Waals surface area (Å²) in [6.45, 7) is 4.14. The van der Waals surface area contributed by atoms with Crippen molar-refractivity contribution >= 4 is 0 Å². The number of hydrogen-bond acceptors (Lipinski definition) is 4. The van der Waals surface area contributed by atoms with Crippen LogP contribution in [0.4, 0.5) is 0 Å². The Balaban J connectivity index is 1.54. The SMILES string of the molecule is COc1cccc([C@H]2[C@@H](NCc3cccnc3C)CCN2C2CC2)c1. The molecule has 1 saturated heterocycles. The molecule has 4 heteroatoms. The van der Waals surface area contributed by atoms with Crippen molar-refractivity contribution in [3.8, 4) is 5.75 Å². The van der Waals surface area contributed by atoms with Gasteiger partial charge in [-0.05, 0) is 55.5 Å². The van der Waals surface area contributed by atoms with E-state index in [9.17, 15) is 0 Å². The first-order valence-corrected chi connectivity index (χ1v) is 9.30. The van der Waals surface area contributed by atoms with E-state index in [4.69, 9.17) is 4.74 Å². The van der Waals surface area contributed by atoms with Gasteiger partial charge >= 0.3 is 0 Å². The molecular formula is C21H27N3O. The average molecular weight is 337 g/mol. The second-order valence-corrected chi connectivity index (χ2v) is 7.21. The molecule has 2 heterocycles. The normalized spacial score (nSPS) is 23.8. The summed E-state index contributed by atoms with van der Waals surface area (Å²) in [5, 5.41) is 3.81. The fraction of sp³-hybridized carbons (Fsp3) is 0.476. The van der Waals surface area contributed by atoms with E-state index < -0.39 is 0 Å². The number of benzene rings is 1. The van der Waals surface area contributed by atoms with Crippen LogP contribution in [0.15, 0.2) is 42.6 Å². The first-order valence-electron chi connectivity index (χ1n) is 9.30. The van der Waals surface area contributed by atoms with E-state index in [1.54, 1.807) is 7.11 Å². The van der Waals surface area contributed by atoms with E-state index in [1.165, 1.54) is 36.9 Å².